The van der Waals surface area contributed by atoms with Gasteiger partial charge in [-0.2, -0.15) is 0 Å². The van der Waals surface area contributed by atoms with Crippen LogP contribution in [0.15, 0.2) is 0 Å². The van der Waals surface area contributed by atoms with E-state index in [9.17, 15) is 4.79 Å². The number of esters is 1. The molecule has 0 amide bonds. The van der Waals surface area contributed by atoms with Gasteiger partial charge in [0.05, 0.1) is 6.61 Å². The highest BCUT2D eigenvalue weighted by atomic mass is 16.5. The van der Waals surface area contributed by atoms with Gasteiger partial charge < -0.3 is 10.1 Å². The Morgan fingerprint density at radius 1 is 1.44 bits per heavy atom. The third-order valence-electron chi connectivity index (χ3n) is 2.96. The molecule has 0 aromatic heterocycles. The average Bonchev–Trinajstić information content (AvgIpc) is 2.30. The highest BCUT2D eigenvalue weighted by Crippen LogP contribution is 2.08. The molecule has 1 rings (SSSR count). The van der Waals surface area contributed by atoms with Crippen LogP contribution in [0.5, 0.6) is 0 Å². The molecule has 4 nitrogen and oxygen atoms in total. The molecule has 4 heteroatoms. The molecule has 0 aromatic carbocycles. The number of carbonyl (C=O) groups is 1. The first-order valence-corrected chi connectivity index (χ1v) is 6.41. The SMILES string of the molecule is CCCCCN1CCNCC1C(=O)OCC. The Hall–Kier alpha value is -0.610. The topological polar surface area (TPSA) is 41.6 Å². The summed E-state index contributed by atoms with van der Waals surface area (Å²) in [4.78, 5) is 14.0. The molecule has 16 heavy (non-hydrogen) atoms. The summed E-state index contributed by atoms with van der Waals surface area (Å²) in [5.41, 5.74) is 0. The van der Waals surface area contributed by atoms with Crippen LogP contribution in [0.4, 0.5) is 0 Å². The molecule has 0 aromatic rings. The van der Waals surface area contributed by atoms with E-state index < -0.39 is 0 Å². The predicted molar refractivity (Wildman–Crippen MR) is 64.4 cm³/mol. The van der Waals surface area contributed by atoms with Crippen molar-refractivity contribution in [1.82, 2.24) is 10.2 Å². The third kappa shape index (κ3) is 4.10. The zero-order valence-corrected chi connectivity index (χ0v) is 10.5. The quantitative estimate of drug-likeness (QED) is 0.544. The number of piperazine rings is 1. The van der Waals surface area contributed by atoms with Gasteiger partial charge in [0.25, 0.3) is 0 Å². The Kier molecular flexibility index (Phi) is 6.42. The normalized spacial score (nSPS) is 22.0. The molecule has 1 saturated heterocycles. The van der Waals surface area contributed by atoms with Crippen molar-refractivity contribution in [3.05, 3.63) is 0 Å². The summed E-state index contributed by atoms with van der Waals surface area (Å²) >= 11 is 0. The zero-order chi connectivity index (χ0) is 11.8. The minimum atomic E-state index is -0.0782. The number of carbonyl (C=O) groups excluding carboxylic acids is 1. The van der Waals surface area contributed by atoms with E-state index in [0.29, 0.717) is 6.61 Å². The molecule has 0 spiro atoms. The lowest BCUT2D eigenvalue weighted by molar-refractivity contribution is -0.150. The standard InChI is InChI=1S/C12H24N2O2/c1-3-5-6-8-14-9-7-13-10-11(14)12(15)16-4-2/h11,13H,3-10H2,1-2H3. The molecule has 1 aliphatic rings. The van der Waals surface area contributed by atoms with E-state index in [1.807, 2.05) is 6.92 Å². The van der Waals surface area contributed by atoms with Crippen molar-refractivity contribution >= 4 is 5.97 Å². The van der Waals surface area contributed by atoms with Gasteiger partial charge in [0.1, 0.15) is 6.04 Å². The van der Waals surface area contributed by atoms with E-state index in [1.54, 1.807) is 0 Å². The summed E-state index contributed by atoms with van der Waals surface area (Å²) < 4.78 is 5.10. The fourth-order valence-corrected chi connectivity index (χ4v) is 2.05. The van der Waals surface area contributed by atoms with E-state index in [2.05, 4.69) is 17.1 Å². The van der Waals surface area contributed by atoms with Gasteiger partial charge in [-0.05, 0) is 19.9 Å². The largest absolute Gasteiger partial charge is 0.465 e. The number of nitrogens with one attached hydrogen (secondary N) is 1. The van der Waals surface area contributed by atoms with Crippen LogP contribution < -0.4 is 5.32 Å². The number of hydrogen-bond acceptors (Lipinski definition) is 4. The Bertz CT molecular complexity index is 209. The van der Waals surface area contributed by atoms with Gasteiger partial charge in [0.2, 0.25) is 0 Å². The van der Waals surface area contributed by atoms with Crippen molar-refractivity contribution < 1.29 is 9.53 Å². The fraction of sp³-hybridized carbons (Fsp3) is 0.917. The molecular formula is C12H24N2O2. The Balaban J connectivity index is 2.40. The van der Waals surface area contributed by atoms with Gasteiger partial charge >= 0.3 is 5.97 Å². The van der Waals surface area contributed by atoms with Crippen LogP contribution >= 0.6 is 0 Å². The van der Waals surface area contributed by atoms with Crippen molar-refractivity contribution in [2.45, 2.75) is 39.2 Å². The maximum absolute atomic E-state index is 11.7. The number of nitrogens with zero attached hydrogens (tertiary/aromatic N) is 1. The van der Waals surface area contributed by atoms with Crippen LogP contribution in [0, 0.1) is 0 Å². The minimum Gasteiger partial charge on any atom is -0.465 e. The molecule has 0 saturated carbocycles. The van der Waals surface area contributed by atoms with Gasteiger partial charge in [0.15, 0.2) is 0 Å². The van der Waals surface area contributed by atoms with Crippen LogP contribution in [0.3, 0.4) is 0 Å². The first-order chi connectivity index (χ1) is 7.79. The minimum absolute atomic E-state index is 0.0776. The molecule has 94 valence electrons. The fourth-order valence-electron chi connectivity index (χ4n) is 2.05. The van der Waals surface area contributed by atoms with Crippen molar-refractivity contribution in [2.24, 2.45) is 0 Å². The van der Waals surface area contributed by atoms with Gasteiger partial charge in [-0.3, -0.25) is 9.69 Å². The summed E-state index contributed by atoms with van der Waals surface area (Å²) in [7, 11) is 0. The first kappa shape index (κ1) is 13.5. The summed E-state index contributed by atoms with van der Waals surface area (Å²) in [5, 5.41) is 3.25. The van der Waals surface area contributed by atoms with E-state index in [4.69, 9.17) is 4.74 Å². The summed E-state index contributed by atoms with van der Waals surface area (Å²) in [6.07, 6.45) is 3.63. The molecule has 1 aliphatic heterocycles. The molecular weight excluding hydrogens is 204 g/mol. The molecule has 0 radical (unpaired) electrons. The summed E-state index contributed by atoms with van der Waals surface area (Å²) in [5.74, 6) is -0.0776. The number of rotatable bonds is 6. The van der Waals surface area contributed by atoms with Gasteiger partial charge in [-0.25, -0.2) is 0 Å². The van der Waals surface area contributed by atoms with Crippen LogP contribution in [0.25, 0.3) is 0 Å². The van der Waals surface area contributed by atoms with Crippen LogP contribution in [-0.2, 0) is 9.53 Å². The summed E-state index contributed by atoms with van der Waals surface area (Å²) in [6.45, 7) is 8.19. The lowest BCUT2D eigenvalue weighted by Gasteiger charge is -2.34. The van der Waals surface area contributed by atoms with Crippen molar-refractivity contribution in [1.29, 1.82) is 0 Å². The van der Waals surface area contributed by atoms with E-state index in [0.717, 1.165) is 26.2 Å². The highest BCUT2D eigenvalue weighted by Gasteiger charge is 2.28. The van der Waals surface area contributed by atoms with Crippen molar-refractivity contribution in [3.63, 3.8) is 0 Å². The van der Waals surface area contributed by atoms with Crippen LogP contribution in [-0.4, -0.2) is 49.7 Å². The average molecular weight is 228 g/mol. The molecule has 1 heterocycles. The monoisotopic (exact) mass is 228 g/mol. The number of hydrogen-bond donors (Lipinski definition) is 1. The molecule has 1 unspecified atom stereocenters. The molecule has 1 atom stereocenters. The Morgan fingerprint density at radius 3 is 2.94 bits per heavy atom. The predicted octanol–water partition coefficient (Wildman–Crippen LogP) is 1.01. The number of unbranched alkanes of at least 4 members (excludes halogenated alkanes) is 2. The second-order valence-electron chi connectivity index (χ2n) is 4.22. The van der Waals surface area contributed by atoms with Crippen LogP contribution in [0.1, 0.15) is 33.1 Å². The zero-order valence-electron chi connectivity index (χ0n) is 10.5. The maximum atomic E-state index is 11.7. The number of ether oxygens (including phenoxy) is 1. The Labute approximate surface area is 98.3 Å². The van der Waals surface area contributed by atoms with Crippen molar-refractivity contribution in [2.75, 3.05) is 32.8 Å². The van der Waals surface area contributed by atoms with E-state index in [1.165, 1.54) is 19.3 Å². The highest BCUT2D eigenvalue weighted by molar-refractivity contribution is 5.76. The van der Waals surface area contributed by atoms with Gasteiger partial charge in [-0.1, -0.05) is 19.8 Å². The second kappa shape index (κ2) is 7.63. The van der Waals surface area contributed by atoms with Gasteiger partial charge in [-0.15, -0.1) is 0 Å². The first-order valence-electron chi connectivity index (χ1n) is 6.41. The third-order valence-corrected chi connectivity index (χ3v) is 2.96. The van der Waals surface area contributed by atoms with E-state index >= 15 is 0 Å². The molecule has 0 aliphatic carbocycles. The van der Waals surface area contributed by atoms with Crippen molar-refractivity contribution in [3.8, 4) is 0 Å². The smallest absolute Gasteiger partial charge is 0.324 e. The summed E-state index contributed by atoms with van der Waals surface area (Å²) in [6, 6.07) is -0.0782. The second-order valence-corrected chi connectivity index (χ2v) is 4.22. The molecule has 1 N–H and O–H groups in total. The molecule has 0 bridgehead atoms. The lowest BCUT2D eigenvalue weighted by Crippen LogP contribution is -2.55. The van der Waals surface area contributed by atoms with E-state index in [-0.39, 0.29) is 12.0 Å². The Morgan fingerprint density at radius 2 is 2.25 bits per heavy atom. The maximum Gasteiger partial charge on any atom is 0.324 e. The molecule has 1 fully saturated rings. The van der Waals surface area contributed by atoms with Gasteiger partial charge in [0, 0.05) is 19.6 Å². The lowest BCUT2D eigenvalue weighted by atomic mass is 10.1. The van der Waals surface area contributed by atoms with Crippen LogP contribution in [0.2, 0.25) is 0 Å².